The van der Waals surface area contributed by atoms with Crippen molar-refractivity contribution in [2.45, 2.75) is 131 Å². The van der Waals surface area contributed by atoms with E-state index in [9.17, 15) is 9.90 Å². The van der Waals surface area contributed by atoms with Gasteiger partial charge in [-0.3, -0.25) is 4.79 Å². The van der Waals surface area contributed by atoms with E-state index in [4.69, 9.17) is 0 Å². The molecule has 9 rings (SSSR count). The summed E-state index contributed by atoms with van der Waals surface area (Å²) < 4.78 is 0.606. The third-order valence-electron chi connectivity index (χ3n) is 11.4. The summed E-state index contributed by atoms with van der Waals surface area (Å²) in [7, 11) is 0. The predicted octanol–water partition coefficient (Wildman–Crippen LogP) is 7.24. The standard InChI is InChI=1S/C31H47NO2S2/c1-18(33)32-26(35-30-12-19-5-20(13-30)7-21(6-19)14-30)11-25(29(2,3)4)27(34)28(32)36-31-15-22-8-23(16-31)10-24(9-22)17-31/h11,19-24,26-28,34H,5-10,12-17H2,1-4H3. The predicted molar refractivity (Wildman–Crippen MR) is 151 cm³/mol. The number of carbonyl (C=O) groups excluding carboxylic acids is 1. The molecule has 8 bridgehead atoms. The highest BCUT2D eigenvalue weighted by atomic mass is 32.2. The van der Waals surface area contributed by atoms with E-state index in [1.807, 2.05) is 11.8 Å². The molecule has 8 saturated carbocycles. The van der Waals surface area contributed by atoms with E-state index in [1.54, 1.807) is 6.92 Å². The molecule has 5 heteroatoms. The van der Waals surface area contributed by atoms with E-state index >= 15 is 0 Å². The normalized spacial score (nSPS) is 51.1. The molecule has 0 radical (unpaired) electrons. The first-order valence-corrected chi connectivity index (χ1v) is 16.8. The molecular weight excluding hydrogens is 482 g/mol. The first-order valence-electron chi connectivity index (χ1n) is 15.0. The zero-order valence-corrected chi connectivity index (χ0v) is 24.5. The fourth-order valence-corrected chi connectivity index (χ4v) is 15.3. The molecule has 3 nitrogen and oxygen atoms in total. The van der Waals surface area contributed by atoms with Crippen molar-refractivity contribution < 1.29 is 9.90 Å². The Balaban J connectivity index is 1.23. The average molecular weight is 530 g/mol. The van der Waals surface area contributed by atoms with Gasteiger partial charge in [-0.2, -0.15) is 0 Å². The minimum absolute atomic E-state index is 0.0581. The first-order chi connectivity index (χ1) is 17.0. The van der Waals surface area contributed by atoms with Crippen LogP contribution >= 0.6 is 23.5 Å². The fraction of sp³-hybridized carbons (Fsp3) is 0.903. The summed E-state index contributed by atoms with van der Waals surface area (Å²) in [6, 6.07) is 0. The monoisotopic (exact) mass is 529 g/mol. The Morgan fingerprint density at radius 1 is 0.806 bits per heavy atom. The van der Waals surface area contributed by atoms with Crippen molar-refractivity contribution in [3.8, 4) is 0 Å². The van der Waals surface area contributed by atoms with Gasteiger partial charge in [-0.25, -0.2) is 0 Å². The lowest BCUT2D eigenvalue weighted by molar-refractivity contribution is -0.131. The summed E-state index contributed by atoms with van der Waals surface area (Å²) in [5, 5.41) is 11.8. The van der Waals surface area contributed by atoms with Crippen LogP contribution in [0.1, 0.15) is 105 Å². The molecule has 36 heavy (non-hydrogen) atoms. The number of amides is 1. The Labute approximate surface area is 227 Å². The molecule has 0 spiro atoms. The molecule has 3 atom stereocenters. The van der Waals surface area contributed by atoms with Crippen LogP contribution < -0.4 is 0 Å². The van der Waals surface area contributed by atoms with Gasteiger partial charge in [-0.05, 0) is 130 Å². The summed E-state index contributed by atoms with van der Waals surface area (Å²) in [6.07, 6.45) is 18.4. The number of nitrogens with zero attached hydrogens (tertiary/aromatic N) is 1. The van der Waals surface area contributed by atoms with Crippen LogP contribution in [-0.2, 0) is 4.79 Å². The molecule has 1 N–H and O–H groups in total. The number of hydrogen-bond donors (Lipinski definition) is 1. The average Bonchev–Trinajstić information content (AvgIpc) is 2.72. The summed E-state index contributed by atoms with van der Waals surface area (Å²) in [4.78, 5) is 15.6. The maximum atomic E-state index is 13.5. The summed E-state index contributed by atoms with van der Waals surface area (Å²) in [5.74, 6) is 5.52. The van der Waals surface area contributed by atoms with Gasteiger partial charge in [0.15, 0.2) is 0 Å². The van der Waals surface area contributed by atoms with Crippen molar-refractivity contribution in [1.82, 2.24) is 4.90 Å². The van der Waals surface area contributed by atoms with E-state index in [2.05, 4.69) is 43.5 Å². The van der Waals surface area contributed by atoms with Gasteiger partial charge < -0.3 is 10.0 Å². The second kappa shape index (κ2) is 8.43. The van der Waals surface area contributed by atoms with Crippen molar-refractivity contribution in [3.05, 3.63) is 11.6 Å². The zero-order chi connectivity index (χ0) is 25.0. The topological polar surface area (TPSA) is 40.5 Å². The molecule has 1 amide bonds. The van der Waals surface area contributed by atoms with E-state index in [0.29, 0.717) is 4.75 Å². The highest BCUT2D eigenvalue weighted by Crippen LogP contribution is 2.64. The number of carbonyl (C=O) groups is 1. The Morgan fingerprint density at radius 2 is 1.19 bits per heavy atom. The molecule has 9 aliphatic rings. The maximum absolute atomic E-state index is 13.5. The highest BCUT2D eigenvalue weighted by molar-refractivity contribution is 8.02. The number of aliphatic hydroxyl groups is 1. The van der Waals surface area contributed by atoms with Gasteiger partial charge in [0.25, 0.3) is 0 Å². The van der Waals surface area contributed by atoms with Gasteiger partial charge in [0.2, 0.25) is 5.91 Å². The lowest BCUT2D eigenvalue weighted by atomic mass is 9.56. The lowest BCUT2D eigenvalue weighted by Crippen LogP contribution is -2.58. The van der Waals surface area contributed by atoms with Gasteiger partial charge in [-0.1, -0.05) is 20.8 Å². The smallest absolute Gasteiger partial charge is 0.221 e. The molecule has 0 aromatic rings. The van der Waals surface area contributed by atoms with Gasteiger partial charge in [0, 0.05) is 16.4 Å². The Hall–Kier alpha value is -0.130. The van der Waals surface area contributed by atoms with E-state index in [1.165, 1.54) is 82.6 Å². The lowest BCUT2D eigenvalue weighted by Gasteiger charge is -2.60. The van der Waals surface area contributed by atoms with E-state index in [0.717, 1.165) is 35.5 Å². The Morgan fingerprint density at radius 3 is 1.56 bits per heavy atom. The summed E-state index contributed by atoms with van der Waals surface area (Å²) in [5.41, 5.74) is 1.08. The molecule has 200 valence electrons. The van der Waals surface area contributed by atoms with Crippen molar-refractivity contribution in [3.63, 3.8) is 0 Å². The fourth-order valence-electron chi connectivity index (χ4n) is 10.9. The molecule has 0 aromatic heterocycles. The molecule has 1 heterocycles. The second-order valence-corrected chi connectivity index (χ2v) is 18.6. The van der Waals surface area contributed by atoms with Crippen LogP contribution in [0.5, 0.6) is 0 Å². The SMILES string of the molecule is CC(=O)N1C(SC23CC4CC(CC(C4)C2)C3)C=C(C(C)(C)C)C(O)C1SC12CC3CC(CC(C3)C1)C2. The van der Waals surface area contributed by atoms with Gasteiger partial charge in [-0.15, -0.1) is 23.5 Å². The largest absolute Gasteiger partial charge is 0.386 e. The minimum Gasteiger partial charge on any atom is -0.386 e. The van der Waals surface area contributed by atoms with Crippen LogP contribution in [-0.4, -0.2) is 42.3 Å². The van der Waals surface area contributed by atoms with Crippen LogP contribution in [0, 0.1) is 40.9 Å². The Kier molecular flexibility index (Phi) is 5.83. The molecule has 8 aliphatic carbocycles. The van der Waals surface area contributed by atoms with Crippen LogP contribution in [0.15, 0.2) is 11.6 Å². The third-order valence-corrected chi connectivity index (χ3v) is 14.7. The van der Waals surface area contributed by atoms with Gasteiger partial charge in [0.05, 0.1) is 5.37 Å². The zero-order valence-electron chi connectivity index (χ0n) is 22.9. The van der Waals surface area contributed by atoms with Crippen LogP contribution in [0.2, 0.25) is 0 Å². The summed E-state index contributed by atoms with van der Waals surface area (Å²) >= 11 is 4.18. The third kappa shape index (κ3) is 4.15. The van der Waals surface area contributed by atoms with Crippen molar-refractivity contribution in [2.75, 3.05) is 0 Å². The van der Waals surface area contributed by atoms with Crippen LogP contribution in [0.3, 0.4) is 0 Å². The van der Waals surface area contributed by atoms with Gasteiger partial charge in [0.1, 0.15) is 11.5 Å². The van der Waals surface area contributed by atoms with E-state index in [-0.39, 0.29) is 26.8 Å². The molecule has 3 unspecified atom stereocenters. The first kappa shape index (κ1) is 24.9. The van der Waals surface area contributed by atoms with Gasteiger partial charge >= 0.3 is 0 Å². The van der Waals surface area contributed by atoms with E-state index < -0.39 is 6.10 Å². The molecule has 8 fully saturated rings. The van der Waals surface area contributed by atoms with Crippen molar-refractivity contribution >= 4 is 29.4 Å². The molecule has 0 saturated heterocycles. The molecule has 0 aromatic carbocycles. The van der Waals surface area contributed by atoms with Crippen LogP contribution in [0.4, 0.5) is 0 Å². The number of aliphatic hydroxyl groups excluding tert-OH is 1. The molecular formula is C31H47NO2S2. The number of rotatable bonds is 4. The van der Waals surface area contributed by atoms with Crippen molar-refractivity contribution in [2.24, 2.45) is 40.9 Å². The summed E-state index contributed by atoms with van der Waals surface area (Å²) in [6.45, 7) is 8.53. The second-order valence-electron chi connectivity index (χ2n) is 15.5. The maximum Gasteiger partial charge on any atom is 0.221 e. The van der Waals surface area contributed by atoms with Crippen LogP contribution in [0.25, 0.3) is 0 Å². The Bertz CT molecular complexity index is 880. The minimum atomic E-state index is -0.569. The number of hydrogen-bond acceptors (Lipinski definition) is 4. The highest BCUT2D eigenvalue weighted by Gasteiger charge is 2.57. The number of thioether (sulfide) groups is 2. The molecule has 1 aliphatic heterocycles. The quantitative estimate of drug-likeness (QED) is 0.390. The van der Waals surface area contributed by atoms with Crippen molar-refractivity contribution in [1.29, 1.82) is 0 Å².